The highest BCUT2D eigenvalue weighted by molar-refractivity contribution is 7.16. The van der Waals surface area contributed by atoms with Crippen LogP contribution >= 0.6 is 11.3 Å². The van der Waals surface area contributed by atoms with Crippen molar-refractivity contribution in [2.24, 2.45) is 0 Å². The van der Waals surface area contributed by atoms with Gasteiger partial charge in [-0.1, -0.05) is 24.3 Å². The van der Waals surface area contributed by atoms with Crippen LogP contribution < -0.4 is 20.1 Å². The maximum atomic E-state index is 12.5. The summed E-state index contributed by atoms with van der Waals surface area (Å²) in [6.45, 7) is 0. The fourth-order valence-corrected chi connectivity index (χ4v) is 3.24. The number of carbonyl (C=O) groups is 2. The molecule has 0 bridgehead atoms. The summed E-state index contributed by atoms with van der Waals surface area (Å²) in [6, 6.07) is 17.5. The van der Waals surface area contributed by atoms with E-state index in [1.54, 1.807) is 48.5 Å². The number of hydrogen-bond donors (Lipinski definition) is 2. The Morgan fingerprint density at radius 2 is 1.11 bits per heavy atom. The normalized spacial score (nSPS) is 10.1. The van der Waals surface area contributed by atoms with Crippen LogP contribution in [0.2, 0.25) is 0 Å². The monoisotopic (exact) mass is 382 g/mol. The summed E-state index contributed by atoms with van der Waals surface area (Å²) in [5.41, 5.74) is 1.14. The number of para-hydroxylation sites is 4. The minimum absolute atomic E-state index is 0.305. The predicted molar refractivity (Wildman–Crippen MR) is 106 cm³/mol. The van der Waals surface area contributed by atoms with E-state index in [-0.39, 0.29) is 11.8 Å². The maximum absolute atomic E-state index is 12.5. The summed E-state index contributed by atoms with van der Waals surface area (Å²) < 4.78 is 10.5. The van der Waals surface area contributed by atoms with Crippen molar-refractivity contribution >= 4 is 34.5 Å². The number of benzene rings is 2. The lowest BCUT2D eigenvalue weighted by atomic mass is 10.3. The van der Waals surface area contributed by atoms with Crippen LogP contribution in [-0.2, 0) is 0 Å². The quantitative estimate of drug-likeness (QED) is 0.667. The van der Waals surface area contributed by atoms with Crippen molar-refractivity contribution in [2.75, 3.05) is 24.9 Å². The van der Waals surface area contributed by atoms with Crippen molar-refractivity contribution in [3.63, 3.8) is 0 Å². The molecule has 2 amide bonds. The van der Waals surface area contributed by atoms with Crippen LogP contribution in [0.15, 0.2) is 60.7 Å². The molecule has 0 spiro atoms. The zero-order valence-corrected chi connectivity index (χ0v) is 15.6. The van der Waals surface area contributed by atoms with Gasteiger partial charge in [-0.3, -0.25) is 9.59 Å². The molecule has 0 atom stereocenters. The standard InChI is InChI=1S/C20H18N2O4S/c1-25-15-9-5-3-7-13(15)21-19(23)17-11-12-18(27-17)20(24)22-14-8-4-6-10-16(14)26-2/h3-12H,1-2H3,(H,21,23)(H,22,24). The summed E-state index contributed by atoms with van der Waals surface area (Å²) >= 11 is 1.11. The molecular weight excluding hydrogens is 364 g/mol. The van der Waals surface area contributed by atoms with Crippen LogP contribution in [0.4, 0.5) is 11.4 Å². The van der Waals surface area contributed by atoms with Crippen molar-refractivity contribution in [1.82, 2.24) is 0 Å². The van der Waals surface area contributed by atoms with Gasteiger partial charge in [-0.05, 0) is 36.4 Å². The van der Waals surface area contributed by atoms with Crippen molar-refractivity contribution in [3.8, 4) is 11.5 Å². The smallest absolute Gasteiger partial charge is 0.265 e. The van der Waals surface area contributed by atoms with Gasteiger partial charge >= 0.3 is 0 Å². The van der Waals surface area contributed by atoms with Crippen molar-refractivity contribution in [1.29, 1.82) is 0 Å². The van der Waals surface area contributed by atoms with E-state index in [4.69, 9.17) is 9.47 Å². The Kier molecular flexibility index (Phi) is 5.73. The van der Waals surface area contributed by atoms with Crippen molar-refractivity contribution in [2.45, 2.75) is 0 Å². The molecule has 0 unspecified atom stereocenters. The lowest BCUT2D eigenvalue weighted by molar-refractivity contribution is 0.102. The highest BCUT2D eigenvalue weighted by Gasteiger charge is 2.16. The van der Waals surface area contributed by atoms with Gasteiger partial charge in [-0.25, -0.2) is 0 Å². The molecule has 27 heavy (non-hydrogen) atoms. The van der Waals surface area contributed by atoms with E-state index in [1.165, 1.54) is 14.2 Å². The van der Waals surface area contributed by atoms with E-state index < -0.39 is 0 Å². The largest absolute Gasteiger partial charge is 0.495 e. The lowest BCUT2D eigenvalue weighted by Crippen LogP contribution is -2.12. The molecule has 0 aliphatic heterocycles. The Hall–Kier alpha value is -3.32. The number of hydrogen-bond acceptors (Lipinski definition) is 5. The fourth-order valence-electron chi connectivity index (χ4n) is 2.45. The average molecular weight is 382 g/mol. The van der Waals surface area contributed by atoms with E-state index >= 15 is 0 Å². The number of methoxy groups -OCH3 is 2. The minimum Gasteiger partial charge on any atom is -0.495 e. The molecule has 2 N–H and O–H groups in total. The number of ether oxygens (including phenoxy) is 2. The third-order valence-corrected chi connectivity index (χ3v) is 4.85. The third kappa shape index (κ3) is 4.27. The zero-order valence-electron chi connectivity index (χ0n) is 14.8. The van der Waals surface area contributed by atoms with Gasteiger partial charge in [0.15, 0.2) is 0 Å². The second kappa shape index (κ2) is 8.37. The SMILES string of the molecule is COc1ccccc1NC(=O)c1ccc(C(=O)Nc2ccccc2OC)s1. The first-order valence-corrected chi connectivity index (χ1v) is 8.92. The number of anilines is 2. The summed E-state index contributed by atoms with van der Waals surface area (Å²) in [5.74, 6) is 0.523. The predicted octanol–water partition coefficient (Wildman–Crippen LogP) is 4.27. The molecule has 2 aromatic carbocycles. The second-order valence-electron chi connectivity index (χ2n) is 5.47. The summed E-state index contributed by atoms with van der Waals surface area (Å²) in [4.78, 5) is 25.8. The summed E-state index contributed by atoms with van der Waals surface area (Å²) in [6.07, 6.45) is 0. The molecule has 6 nitrogen and oxygen atoms in total. The van der Waals surface area contributed by atoms with Gasteiger partial charge < -0.3 is 20.1 Å². The van der Waals surface area contributed by atoms with E-state index in [0.29, 0.717) is 32.6 Å². The Balaban J connectivity index is 1.72. The molecular formula is C20H18N2O4S. The Labute approximate surface area is 160 Å². The van der Waals surface area contributed by atoms with Gasteiger partial charge in [-0.15, -0.1) is 11.3 Å². The van der Waals surface area contributed by atoms with Gasteiger partial charge in [-0.2, -0.15) is 0 Å². The van der Waals surface area contributed by atoms with Crippen molar-refractivity contribution < 1.29 is 19.1 Å². The Bertz CT molecular complexity index is 892. The maximum Gasteiger partial charge on any atom is 0.265 e. The summed E-state index contributed by atoms with van der Waals surface area (Å²) in [7, 11) is 3.08. The second-order valence-corrected chi connectivity index (χ2v) is 6.56. The highest BCUT2D eigenvalue weighted by Crippen LogP contribution is 2.27. The topological polar surface area (TPSA) is 76.7 Å². The first-order valence-electron chi connectivity index (χ1n) is 8.11. The molecule has 1 heterocycles. The molecule has 3 rings (SSSR count). The molecule has 0 fully saturated rings. The molecule has 0 radical (unpaired) electrons. The molecule has 7 heteroatoms. The minimum atomic E-state index is -0.305. The third-order valence-electron chi connectivity index (χ3n) is 3.76. The zero-order chi connectivity index (χ0) is 19.2. The summed E-state index contributed by atoms with van der Waals surface area (Å²) in [5, 5.41) is 5.59. The highest BCUT2D eigenvalue weighted by atomic mass is 32.1. The Morgan fingerprint density at radius 1 is 0.704 bits per heavy atom. The first-order chi connectivity index (χ1) is 13.1. The number of nitrogens with one attached hydrogen (secondary N) is 2. The van der Waals surface area contributed by atoms with Crippen LogP contribution in [0.25, 0.3) is 0 Å². The van der Waals surface area contributed by atoms with Crippen LogP contribution in [0.3, 0.4) is 0 Å². The van der Waals surface area contributed by atoms with Crippen molar-refractivity contribution in [3.05, 3.63) is 70.4 Å². The van der Waals surface area contributed by atoms with Crippen LogP contribution in [0.1, 0.15) is 19.3 Å². The number of thiophene rings is 1. The van der Waals surface area contributed by atoms with E-state index in [9.17, 15) is 9.59 Å². The van der Waals surface area contributed by atoms with Gasteiger partial charge in [0, 0.05) is 0 Å². The molecule has 1 aromatic heterocycles. The molecule has 138 valence electrons. The lowest BCUT2D eigenvalue weighted by Gasteiger charge is -2.09. The van der Waals surface area contributed by atoms with Gasteiger partial charge in [0.05, 0.1) is 35.3 Å². The van der Waals surface area contributed by atoms with E-state index in [1.807, 2.05) is 12.1 Å². The van der Waals surface area contributed by atoms with Crippen LogP contribution in [0.5, 0.6) is 11.5 Å². The molecule has 0 saturated heterocycles. The van der Waals surface area contributed by atoms with Crippen LogP contribution in [0, 0.1) is 0 Å². The van der Waals surface area contributed by atoms with Gasteiger partial charge in [0.25, 0.3) is 11.8 Å². The number of rotatable bonds is 6. The fraction of sp³-hybridized carbons (Fsp3) is 0.100. The molecule has 3 aromatic rings. The van der Waals surface area contributed by atoms with E-state index in [2.05, 4.69) is 10.6 Å². The number of amides is 2. The first kappa shape index (κ1) is 18.5. The van der Waals surface area contributed by atoms with Gasteiger partial charge in [0.1, 0.15) is 11.5 Å². The van der Waals surface area contributed by atoms with Crippen LogP contribution in [-0.4, -0.2) is 26.0 Å². The molecule has 0 saturated carbocycles. The Morgan fingerprint density at radius 3 is 1.52 bits per heavy atom. The van der Waals surface area contributed by atoms with Gasteiger partial charge in [0.2, 0.25) is 0 Å². The average Bonchev–Trinajstić information content (AvgIpc) is 3.19. The molecule has 0 aliphatic rings. The molecule has 0 aliphatic carbocycles. The van der Waals surface area contributed by atoms with E-state index in [0.717, 1.165) is 11.3 Å². The number of carbonyl (C=O) groups excluding carboxylic acids is 2.